The normalized spacial score (nSPS) is 25.1. The predicted molar refractivity (Wildman–Crippen MR) is 146 cm³/mol. The van der Waals surface area contributed by atoms with Crippen LogP contribution in [-0.2, 0) is 19.1 Å². The summed E-state index contributed by atoms with van der Waals surface area (Å²) in [6.45, 7) is 1.39. The van der Waals surface area contributed by atoms with Gasteiger partial charge in [-0.3, -0.25) is 19.3 Å². The summed E-state index contributed by atoms with van der Waals surface area (Å²) in [4.78, 5) is 52.9. The first-order valence-electron chi connectivity index (χ1n) is 13.1. The van der Waals surface area contributed by atoms with Gasteiger partial charge in [0.05, 0.1) is 23.1 Å². The molecule has 7 nitrogen and oxygen atoms in total. The fourth-order valence-electron chi connectivity index (χ4n) is 6.63. The van der Waals surface area contributed by atoms with Crippen LogP contribution in [0.3, 0.4) is 0 Å². The number of ether oxygens (including phenoxy) is 1. The van der Waals surface area contributed by atoms with Gasteiger partial charge in [-0.25, -0.2) is 4.79 Å². The number of fused-ring (bicyclic) bond motifs is 5. The second-order valence-electron chi connectivity index (χ2n) is 10.6. The first kappa shape index (κ1) is 25.3. The number of aryl methyl sites for hydroxylation is 1. The zero-order chi connectivity index (χ0) is 27.3. The first-order chi connectivity index (χ1) is 18.8. The van der Waals surface area contributed by atoms with Crippen LogP contribution in [0.1, 0.15) is 40.2 Å². The summed E-state index contributed by atoms with van der Waals surface area (Å²) in [5, 5.41) is 3.16. The van der Waals surface area contributed by atoms with Crippen molar-refractivity contribution in [1.82, 2.24) is 0 Å². The van der Waals surface area contributed by atoms with Gasteiger partial charge in [0.25, 0.3) is 5.91 Å². The minimum absolute atomic E-state index is 0.146. The molecule has 0 aromatic heterocycles. The van der Waals surface area contributed by atoms with Crippen LogP contribution >= 0.6 is 11.6 Å². The molecule has 6 rings (SSSR count). The minimum atomic E-state index is -0.682. The molecule has 8 heteroatoms. The lowest BCUT2D eigenvalue weighted by Crippen LogP contribution is -2.33. The van der Waals surface area contributed by atoms with Crippen LogP contribution in [0.4, 0.5) is 11.4 Å². The Hall–Kier alpha value is -3.97. The lowest BCUT2D eigenvalue weighted by molar-refractivity contribution is -0.123. The van der Waals surface area contributed by atoms with E-state index in [9.17, 15) is 19.2 Å². The monoisotopic (exact) mass is 542 g/mol. The van der Waals surface area contributed by atoms with Crippen LogP contribution in [0, 0.1) is 30.6 Å². The van der Waals surface area contributed by atoms with Gasteiger partial charge in [-0.2, -0.15) is 0 Å². The molecule has 1 saturated heterocycles. The highest BCUT2D eigenvalue weighted by Gasteiger charge is 2.64. The number of hydrogen-bond donors (Lipinski definition) is 1. The van der Waals surface area contributed by atoms with E-state index < -0.39 is 18.5 Å². The van der Waals surface area contributed by atoms with E-state index in [4.69, 9.17) is 16.3 Å². The Morgan fingerprint density at radius 3 is 2.38 bits per heavy atom. The number of carbonyl (C=O) groups is 4. The predicted octanol–water partition coefficient (Wildman–Crippen LogP) is 5.37. The molecule has 5 atom stereocenters. The molecule has 2 saturated carbocycles. The Morgan fingerprint density at radius 1 is 0.949 bits per heavy atom. The van der Waals surface area contributed by atoms with Gasteiger partial charge in [0, 0.05) is 10.7 Å². The number of amides is 3. The SMILES string of the molecule is Cc1ccc(NC(=O)COC(=O)c2ccc(N3C(=O)[C@@H]4[C@@H]5C[C@@H]([C@H]4C3=O)[C@H](c3ccccc3)C5)cc2)cc1Cl. The van der Waals surface area contributed by atoms with Crippen LogP contribution in [-0.4, -0.2) is 30.3 Å². The molecule has 3 aromatic carbocycles. The zero-order valence-corrected chi connectivity index (χ0v) is 22.1. The van der Waals surface area contributed by atoms with Crippen molar-refractivity contribution >= 4 is 46.7 Å². The van der Waals surface area contributed by atoms with E-state index in [1.165, 1.54) is 22.6 Å². The number of carbonyl (C=O) groups excluding carboxylic acids is 4. The maximum atomic E-state index is 13.5. The van der Waals surface area contributed by atoms with Crippen molar-refractivity contribution in [1.29, 1.82) is 0 Å². The third-order valence-corrected chi connectivity index (χ3v) is 8.80. The Balaban J connectivity index is 1.09. The minimum Gasteiger partial charge on any atom is -0.452 e. The molecule has 1 N–H and O–H groups in total. The number of imide groups is 1. The molecule has 198 valence electrons. The third-order valence-electron chi connectivity index (χ3n) is 8.39. The van der Waals surface area contributed by atoms with Crippen molar-refractivity contribution < 1.29 is 23.9 Å². The quantitative estimate of drug-likeness (QED) is 0.334. The van der Waals surface area contributed by atoms with E-state index in [1.54, 1.807) is 30.3 Å². The number of nitrogens with zero attached hydrogens (tertiary/aromatic N) is 1. The van der Waals surface area contributed by atoms with Gasteiger partial charge in [-0.1, -0.05) is 48.0 Å². The van der Waals surface area contributed by atoms with Crippen molar-refractivity contribution in [3.05, 3.63) is 94.5 Å². The van der Waals surface area contributed by atoms with E-state index in [0.717, 1.165) is 18.4 Å². The van der Waals surface area contributed by atoms with E-state index in [0.29, 0.717) is 22.3 Å². The first-order valence-corrected chi connectivity index (χ1v) is 13.5. The van der Waals surface area contributed by atoms with Crippen molar-refractivity contribution in [3.63, 3.8) is 0 Å². The fraction of sp³-hybridized carbons (Fsp3) is 0.290. The third kappa shape index (κ3) is 4.51. The van der Waals surface area contributed by atoms with Crippen LogP contribution in [0.15, 0.2) is 72.8 Å². The molecule has 2 bridgehead atoms. The highest BCUT2D eigenvalue weighted by atomic mass is 35.5. The number of esters is 1. The summed E-state index contributed by atoms with van der Waals surface area (Å²) in [5.41, 5.74) is 3.29. The molecule has 1 heterocycles. The lowest BCUT2D eigenvalue weighted by atomic mass is 9.73. The molecule has 2 aliphatic carbocycles. The highest BCUT2D eigenvalue weighted by molar-refractivity contribution is 6.31. The second kappa shape index (κ2) is 9.97. The molecule has 1 aliphatic heterocycles. The molecular formula is C31H27ClN2O5. The molecule has 39 heavy (non-hydrogen) atoms. The molecule has 3 aromatic rings. The molecular weight excluding hydrogens is 516 g/mol. The van der Waals surface area contributed by atoms with Crippen LogP contribution in [0.5, 0.6) is 0 Å². The number of benzene rings is 3. The number of anilines is 2. The average Bonchev–Trinajstić information content (AvgIpc) is 3.61. The van der Waals surface area contributed by atoms with Gasteiger partial charge in [-0.05, 0) is 85.0 Å². The van der Waals surface area contributed by atoms with Crippen molar-refractivity contribution in [2.45, 2.75) is 25.7 Å². The summed E-state index contributed by atoms with van der Waals surface area (Å²) in [6.07, 6.45) is 1.84. The summed E-state index contributed by atoms with van der Waals surface area (Å²) >= 11 is 6.08. The number of hydrogen-bond acceptors (Lipinski definition) is 5. The lowest BCUT2D eigenvalue weighted by Gasteiger charge is -2.28. The number of nitrogens with one attached hydrogen (secondary N) is 1. The highest BCUT2D eigenvalue weighted by Crippen LogP contribution is 2.61. The number of halogens is 1. The number of rotatable bonds is 6. The van der Waals surface area contributed by atoms with Gasteiger partial charge in [0.1, 0.15) is 0 Å². The Bertz CT molecular complexity index is 1470. The smallest absolute Gasteiger partial charge is 0.338 e. The summed E-state index contributed by atoms with van der Waals surface area (Å²) in [5.74, 6) is -1.37. The zero-order valence-electron chi connectivity index (χ0n) is 21.3. The van der Waals surface area contributed by atoms with Crippen molar-refractivity contribution in [2.75, 3.05) is 16.8 Å². The van der Waals surface area contributed by atoms with Crippen LogP contribution in [0.25, 0.3) is 0 Å². The largest absolute Gasteiger partial charge is 0.452 e. The van der Waals surface area contributed by atoms with Gasteiger partial charge in [0.2, 0.25) is 11.8 Å². The Morgan fingerprint density at radius 2 is 1.67 bits per heavy atom. The van der Waals surface area contributed by atoms with Crippen LogP contribution < -0.4 is 10.2 Å². The maximum absolute atomic E-state index is 13.5. The standard InChI is InChI=1S/C31H27ClN2O5/c1-17-7-10-21(15-25(17)32)33-26(35)16-39-31(38)19-8-11-22(12-9-19)34-29(36)27-20-13-23(18-5-3-2-4-6-18)24(14-20)28(27)30(34)37/h2-12,15,20,23-24,27-28H,13-14,16H2,1H3,(H,33,35)/t20-,23-,24+,27+,28+/m0/s1. The molecule has 3 fully saturated rings. The van der Waals surface area contributed by atoms with Crippen LogP contribution in [0.2, 0.25) is 5.02 Å². The average molecular weight is 543 g/mol. The van der Waals surface area contributed by atoms with E-state index in [1.807, 2.05) is 25.1 Å². The fourth-order valence-corrected chi connectivity index (χ4v) is 6.81. The molecule has 0 spiro atoms. The van der Waals surface area contributed by atoms with Crippen molar-refractivity contribution in [3.8, 4) is 0 Å². The molecule has 3 aliphatic rings. The molecule has 0 radical (unpaired) electrons. The van der Waals surface area contributed by atoms with E-state index in [-0.39, 0.29) is 41.0 Å². The summed E-state index contributed by atoms with van der Waals surface area (Å²) in [7, 11) is 0. The van der Waals surface area contributed by atoms with Gasteiger partial charge >= 0.3 is 5.97 Å². The Kier molecular flexibility index (Phi) is 6.47. The van der Waals surface area contributed by atoms with E-state index in [2.05, 4.69) is 17.4 Å². The molecule has 3 amide bonds. The van der Waals surface area contributed by atoms with Gasteiger partial charge < -0.3 is 10.1 Å². The van der Waals surface area contributed by atoms with E-state index >= 15 is 0 Å². The maximum Gasteiger partial charge on any atom is 0.338 e. The second-order valence-corrected chi connectivity index (χ2v) is 11.0. The summed E-state index contributed by atoms with van der Waals surface area (Å²) in [6, 6.07) is 21.5. The van der Waals surface area contributed by atoms with Gasteiger partial charge in [0.15, 0.2) is 6.61 Å². The molecule has 0 unspecified atom stereocenters. The Labute approximate surface area is 231 Å². The summed E-state index contributed by atoms with van der Waals surface area (Å²) < 4.78 is 5.14. The van der Waals surface area contributed by atoms with Gasteiger partial charge in [-0.15, -0.1) is 0 Å². The topological polar surface area (TPSA) is 92.8 Å². The van der Waals surface area contributed by atoms with Crippen molar-refractivity contribution in [2.24, 2.45) is 23.7 Å².